The van der Waals surface area contributed by atoms with Gasteiger partial charge in [0.1, 0.15) is 0 Å². The van der Waals surface area contributed by atoms with E-state index in [1.807, 2.05) is 6.07 Å². The SMILES string of the molecule is CCC[SiH]1CCC(c2ccc(-c3cc(F)c(F)c(F)c3)c(C3CCCCC3)c2)CC1. The average Bonchev–Trinajstić information content (AvgIpc) is 2.78. The van der Waals surface area contributed by atoms with Gasteiger partial charge in [-0.05, 0) is 71.9 Å². The minimum Gasteiger partial charge on any atom is -0.204 e. The van der Waals surface area contributed by atoms with Crippen LogP contribution in [-0.2, 0) is 0 Å². The Hall–Kier alpha value is -1.55. The largest absolute Gasteiger partial charge is 0.204 e. The maximum Gasteiger partial charge on any atom is 0.194 e. The summed E-state index contributed by atoms with van der Waals surface area (Å²) in [5.74, 6) is -2.56. The van der Waals surface area contributed by atoms with E-state index in [0.717, 1.165) is 30.5 Å². The van der Waals surface area contributed by atoms with Gasteiger partial charge in [0.2, 0.25) is 0 Å². The third-order valence-electron chi connectivity index (χ3n) is 7.43. The molecule has 1 aliphatic carbocycles. The molecule has 30 heavy (non-hydrogen) atoms. The van der Waals surface area contributed by atoms with E-state index in [-0.39, 0.29) is 0 Å². The molecule has 2 fully saturated rings. The van der Waals surface area contributed by atoms with Crippen LogP contribution in [0, 0.1) is 17.5 Å². The molecule has 0 aromatic heterocycles. The quantitative estimate of drug-likeness (QED) is 0.330. The highest BCUT2D eigenvalue weighted by Crippen LogP contribution is 2.42. The van der Waals surface area contributed by atoms with Gasteiger partial charge in [-0.25, -0.2) is 13.2 Å². The molecule has 4 heteroatoms. The van der Waals surface area contributed by atoms with Gasteiger partial charge >= 0.3 is 0 Å². The van der Waals surface area contributed by atoms with Crippen molar-refractivity contribution in [3.8, 4) is 11.1 Å². The fourth-order valence-electron chi connectivity index (χ4n) is 5.75. The fraction of sp³-hybridized carbons (Fsp3) is 0.538. The maximum atomic E-state index is 14.0. The monoisotopic (exact) mass is 430 g/mol. The van der Waals surface area contributed by atoms with Crippen molar-refractivity contribution in [1.29, 1.82) is 0 Å². The van der Waals surface area contributed by atoms with Crippen LogP contribution in [0.4, 0.5) is 13.2 Å². The highest BCUT2D eigenvalue weighted by Gasteiger charge is 2.26. The van der Waals surface area contributed by atoms with Gasteiger partial charge in [-0.3, -0.25) is 0 Å². The Bertz CT molecular complexity index is 842. The summed E-state index contributed by atoms with van der Waals surface area (Å²) in [5.41, 5.74) is 3.94. The van der Waals surface area contributed by atoms with Gasteiger partial charge in [0.05, 0.1) is 0 Å². The van der Waals surface area contributed by atoms with Gasteiger partial charge < -0.3 is 0 Å². The van der Waals surface area contributed by atoms with E-state index in [9.17, 15) is 13.2 Å². The highest BCUT2D eigenvalue weighted by atomic mass is 28.3. The summed E-state index contributed by atoms with van der Waals surface area (Å²) in [7, 11) is -0.522. The molecule has 1 saturated carbocycles. The van der Waals surface area contributed by atoms with Crippen LogP contribution in [0.25, 0.3) is 11.1 Å². The lowest BCUT2D eigenvalue weighted by Crippen LogP contribution is -2.20. The van der Waals surface area contributed by atoms with Crippen LogP contribution >= 0.6 is 0 Å². The molecule has 0 unspecified atom stereocenters. The zero-order valence-corrected chi connectivity index (χ0v) is 19.2. The lowest BCUT2D eigenvalue weighted by Gasteiger charge is -2.30. The second-order valence-electron chi connectivity index (χ2n) is 9.44. The van der Waals surface area contributed by atoms with Gasteiger partial charge in [-0.1, -0.05) is 68.9 Å². The van der Waals surface area contributed by atoms with Crippen LogP contribution in [0.5, 0.6) is 0 Å². The second-order valence-corrected chi connectivity index (χ2v) is 12.9. The first-order chi connectivity index (χ1) is 14.6. The van der Waals surface area contributed by atoms with E-state index >= 15 is 0 Å². The fourth-order valence-corrected chi connectivity index (χ4v) is 9.18. The molecule has 1 saturated heterocycles. The number of hydrogen-bond donors (Lipinski definition) is 0. The third kappa shape index (κ3) is 4.69. The summed E-state index contributed by atoms with van der Waals surface area (Å²) in [6.45, 7) is 2.30. The Kier molecular flexibility index (Phi) is 7.02. The predicted octanol–water partition coefficient (Wildman–Crippen LogP) is 8.33. The molecule has 2 aromatic carbocycles. The molecule has 4 rings (SSSR count). The van der Waals surface area contributed by atoms with Crippen molar-refractivity contribution in [1.82, 2.24) is 0 Å². The van der Waals surface area contributed by atoms with Gasteiger partial charge in [0.25, 0.3) is 0 Å². The van der Waals surface area contributed by atoms with E-state index in [1.54, 1.807) is 0 Å². The molecule has 0 N–H and O–H groups in total. The lowest BCUT2D eigenvalue weighted by molar-refractivity contribution is 0.442. The van der Waals surface area contributed by atoms with E-state index in [4.69, 9.17) is 0 Å². The van der Waals surface area contributed by atoms with Crippen molar-refractivity contribution in [2.75, 3.05) is 0 Å². The molecule has 1 heterocycles. The van der Waals surface area contributed by atoms with Gasteiger partial charge in [-0.2, -0.15) is 0 Å². The number of rotatable bonds is 5. The van der Waals surface area contributed by atoms with Crippen molar-refractivity contribution in [3.63, 3.8) is 0 Å². The highest BCUT2D eigenvalue weighted by molar-refractivity contribution is 6.59. The summed E-state index contributed by atoms with van der Waals surface area (Å²) in [4.78, 5) is 0. The van der Waals surface area contributed by atoms with E-state index in [2.05, 4.69) is 19.1 Å². The van der Waals surface area contributed by atoms with Crippen LogP contribution in [0.15, 0.2) is 30.3 Å². The summed E-state index contributed by atoms with van der Waals surface area (Å²) in [5, 5.41) is 0. The second kappa shape index (κ2) is 9.72. The summed E-state index contributed by atoms with van der Waals surface area (Å²) in [6, 6.07) is 13.2. The molecule has 2 aromatic rings. The summed E-state index contributed by atoms with van der Waals surface area (Å²) >= 11 is 0. The number of halogens is 3. The Labute approximate surface area is 180 Å². The van der Waals surface area contributed by atoms with Crippen LogP contribution in [0.2, 0.25) is 18.1 Å². The topological polar surface area (TPSA) is 0 Å². The Morgan fingerprint density at radius 3 is 2.13 bits per heavy atom. The normalized spacial score (nSPS) is 22.9. The van der Waals surface area contributed by atoms with Crippen LogP contribution < -0.4 is 0 Å². The lowest BCUT2D eigenvalue weighted by atomic mass is 9.78. The minimum atomic E-state index is -1.39. The Morgan fingerprint density at radius 2 is 1.50 bits per heavy atom. The first-order valence-corrected chi connectivity index (χ1v) is 14.3. The van der Waals surface area contributed by atoms with Crippen molar-refractivity contribution in [3.05, 3.63) is 58.9 Å². The third-order valence-corrected chi connectivity index (χ3v) is 11.1. The molecular formula is C26H33F3Si. The van der Waals surface area contributed by atoms with Crippen LogP contribution in [0.1, 0.15) is 81.3 Å². The maximum absolute atomic E-state index is 14.0. The van der Waals surface area contributed by atoms with E-state index in [0.29, 0.717) is 17.4 Å². The van der Waals surface area contributed by atoms with Crippen LogP contribution in [0.3, 0.4) is 0 Å². The molecule has 162 valence electrons. The van der Waals surface area contributed by atoms with Gasteiger partial charge in [0.15, 0.2) is 17.5 Å². The first-order valence-electron chi connectivity index (χ1n) is 11.9. The minimum absolute atomic E-state index is 0.427. The average molecular weight is 431 g/mol. The first kappa shape index (κ1) is 21.7. The molecule has 0 atom stereocenters. The summed E-state index contributed by atoms with van der Waals surface area (Å²) in [6.07, 6.45) is 9.82. The molecular weight excluding hydrogens is 397 g/mol. The predicted molar refractivity (Wildman–Crippen MR) is 121 cm³/mol. The molecule has 0 spiro atoms. The molecule has 1 aliphatic heterocycles. The summed E-state index contributed by atoms with van der Waals surface area (Å²) < 4.78 is 41.4. The smallest absolute Gasteiger partial charge is 0.194 e. The van der Waals surface area contributed by atoms with Crippen LogP contribution in [-0.4, -0.2) is 8.80 Å². The Balaban J connectivity index is 1.67. The standard InChI is InChI=1S/C26H33F3Si/c1-2-12-30-13-10-18(11-14-30)20-8-9-22(21-16-24(27)26(29)25(28)17-21)23(15-20)19-6-4-3-5-7-19/h8-9,15-19,30H,2-7,10-14H2,1H3. The molecule has 0 amide bonds. The van der Waals surface area contributed by atoms with E-state index in [1.165, 1.54) is 67.8 Å². The van der Waals surface area contributed by atoms with Crippen molar-refractivity contribution in [2.45, 2.75) is 88.3 Å². The van der Waals surface area contributed by atoms with E-state index < -0.39 is 26.2 Å². The number of hydrogen-bond acceptors (Lipinski definition) is 0. The molecule has 2 aliphatic rings. The number of benzene rings is 2. The van der Waals surface area contributed by atoms with Crippen molar-refractivity contribution >= 4 is 8.80 Å². The zero-order valence-electron chi connectivity index (χ0n) is 18.0. The van der Waals surface area contributed by atoms with Crippen molar-refractivity contribution < 1.29 is 13.2 Å². The molecule has 0 bridgehead atoms. The molecule has 0 radical (unpaired) electrons. The van der Waals surface area contributed by atoms with Gasteiger partial charge in [-0.15, -0.1) is 0 Å². The Morgan fingerprint density at radius 1 is 0.833 bits per heavy atom. The molecule has 0 nitrogen and oxygen atoms in total. The van der Waals surface area contributed by atoms with Crippen molar-refractivity contribution in [2.24, 2.45) is 0 Å². The van der Waals surface area contributed by atoms with Gasteiger partial charge in [0, 0.05) is 8.80 Å². The zero-order chi connectivity index (χ0) is 21.1.